The summed E-state index contributed by atoms with van der Waals surface area (Å²) in [7, 11) is 1.41. The third-order valence-corrected chi connectivity index (χ3v) is 5.85. The Morgan fingerprint density at radius 2 is 1.73 bits per heavy atom. The highest BCUT2D eigenvalue weighted by Gasteiger charge is 2.12. The zero-order valence-corrected chi connectivity index (χ0v) is 14.2. The Hall–Kier alpha value is -1.59. The minimum absolute atomic E-state index is 0.270. The SMILES string of the molecule is COC(=O)c1ccc(/C=C/c2ccc(N3CCCCC3)s2)s1. The Kier molecular flexibility index (Phi) is 4.95. The van der Waals surface area contributed by atoms with Crippen molar-refractivity contribution in [3.05, 3.63) is 38.9 Å². The van der Waals surface area contributed by atoms with E-state index >= 15 is 0 Å². The van der Waals surface area contributed by atoms with E-state index in [1.807, 2.05) is 23.5 Å². The molecule has 116 valence electrons. The number of anilines is 1. The monoisotopic (exact) mass is 333 g/mol. The van der Waals surface area contributed by atoms with Gasteiger partial charge in [0.2, 0.25) is 0 Å². The number of hydrogen-bond donors (Lipinski definition) is 0. The van der Waals surface area contributed by atoms with E-state index in [0.29, 0.717) is 4.88 Å². The van der Waals surface area contributed by atoms with Gasteiger partial charge in [-0.15, -0.1) is 22.7 Å². The minimum atomic E-state index is -0.270. The van der Waals surface area contributed by atoms with E-state index < -0.39 is 0 Å². The molecule has 0 saturated carbocycles. The smallest absolute Gasteiger partial charge is 0.348 e. The lowest BCUT2D eigenvalue weighted by molar-refractivity contribution is 0.0606. The number of methoxy groups -OCH3 is 1. The molecule has 0 amide bonds. The van der Waals surface area contributed by atoms with Gasteiger partial charge in [0.25, 0.3) is 0 Å². The lowest BCUT2D eigenvalue weighted by Crippen LogP contribution is -2.28. The van der Waals surface area contributed by atoms with Crippen LogP contribution in [0.5, 0.6) is 0 Å². The number of carbonyl (C=O) groups is 1. The van der Waals surface area contributed by atoms with Crippen molar-refractivity contribution in [3.8, 4) is 0 Å². The molecule has 3 rings (SSSR count). The topological polar surface area (TPSA) is 29.5 Å². The van der Waals surface area contributed by atoms with Crippen molar-refractivity contribution in [2.75, 3.05) is 25.1 Å². The van der Waals surface area contributed by atoms with E-state index in [2.05, 4.69) is 29.2 Å². The van der Waals surface area contributed by atoms with Crippen molar-refractivity contribution in [2.45, 2.75) is 19.3 Å². The number of piperidine rings is 1. The lowest BCUT2D eigenvalue weighted by atomic mass is 10.1. The first-order valence-electron chi connectivity index (χ1n) is 7.47. The number of thiophene rings is 2. The van der Waals surface area contributed by atoms with Gasteiger partial charge in [-0.3, -0.25) is 0 Å². The Morgan fingerprint density at radius 3 is 2.45 bits per heavy atom. The summed E-state index contributed by atoms with van der Waals surface area (Å²) in [4.78, 5) is 16.9. The molecule has 0 bridgehead atoms. The number of carbonyl (C=O) groups excluding carboxylic acids is 1. The summed E-state index contributed by atoms with van der Waals surface area (Å²) >= 11 is 3.28. The molecule has 0 N–H and O–H groups in total. The Bertz CT molecular complexity index is 666. The molecule has 1 fully saturated rings. The third-order valence-electron chi connectivity index (χ3n) is 3.71. The summed E-state index contributed by atoms with van der Waals surface area (Å²) in [5.74, 6) is -0.270. The van der Waals surface area contributed by atoms with E-state index in [9.17, 15) is 4.79 Å². The van der Waals surface area contributed by atoms with Crippen LogP contribution in [0.15, 0.2) is 24.3 Å². The zero-order valence-electron chi connectivity index (χ0n) is 12.6. The average Bonchev–Trinajstić information content (AvgIpc) is 3.22. The van der Waals surface area contributed by atoms with Crippen LogP contribution in [0.3, 0.4) is 0 Å². The van der Waals surface area contributed by atoms with Gasteiger partial charge in [-0.1, -0.05) is 0 Å². The molecule has 1 aliphatic heterocycles. The maximum absolute atomic E-state index is 11.4. The van der Waals surface area contributed by atoms with E-state index in [1.54, 1.807) is 0 Å². The predicted molar refractivity (Wildman–Crippen MR) is 95.0 cm³/mol. The van der Waals surface area contributed by atoms with Crippen molar-refractivity contribution < 1.29 is 9.53 Å². The molecule has 5 heteroatoms. The fraction of sp³-hybridized carbons (Fsp3) is 0.353. The molecule has 2 aromatic rings. The van der Waals surface area contributed by atoms with Gasteiger partial charge in [0.05, 0.1) is 12.1 Å². The molecular formula is C17H19NO2S2. The van der Waals surface area contributed by atoms with E-state index in [-0.39, 0.29) is 5.97 Å². The van der Waals surface area contributed by atoms with Crippen molar-refractivity contribution in [1.29, 1.82) is 0 Å². The van der Waals surface area contributed by atoms with Crippen LogP contribution in [0, 0.1) is 0 Å². The van der Waals surface area contributed by atoms with Crippen LogP contribution in [0.4, 0.5) is 5.00 Å². The van der Waals surface area contributed by atoms with Crippen LogP contribution in [-0.2, 0) is 4.74 Å². The first kappa shape index (κ1) is 15.3. The van der Waals surface area contributed by atoms with Gasteiger partial charge in [-0.05, 0) is 55.7 Å². The van der Waals surface area contributed by atoms with Crippen LogP contribution in [0.25, 0.3) is 12.2 Å². The largest absolute Gasteiger partial charge is 0.465 e. The molecule has 22 heavy (non-hydrogen) atoms. The van der Waals surface area contributed by atoms with Crippen molar-refractivity contribution in [2.24, 2.45) is 0 Å². The second-order valence-electron chi connectivity index (χ2n) is 5.25. The van der Waals surface area contributed by atoms with Crippen LogP contribution in [0.1, 0.15) is 38.7 Å². The first-order chi connectivity index (χ1) is 10.8. The molecule has 0 spiro atoms. The fourth-order valence-corrected chi connectivity index (χ4v) is 4.32. The van der Waals surface area contributed by atoms with Gasteiger partial charge < -0.3 is 9.64 Å². The van der Waals surface area contributed by atoms with Crippen LogP contribution in [0.2, 0.25) is 0 Å². The molecule has 0 radical (unpaired) electrons. The van der Waals surface area contributed by atoms with Crippen LogP contribution < -0.4 is 4.90 Å². The van der Waals surface area contributed by atoms with Gasteiger partial charge in [-0.25, -0.2) is 4.79 Å². The Labute approximate surface area is 138 Å². The molecule has 0 unspecified atom stereocenters. The first-order valence-corrected chi connectivity index (χ1v) is 9.10. The summed E-state index contributed by atoms with van der Waals surface area (Å²) in [6.45, 7) is 2.36. The minimum Gasteiger partial charge on any atom is -0.465 e. The number of hydrogen-bond acceptors (Lipinski definition) is 5. The highest BCUT2D eigenvalue weighted by Crippen LogP contribution is 2.30. The fourth-order valence-electron chi connectivity index (χ4n) is 2.53. The molecule has 1 aliphatic rings. The van der Waals surface area contributed by atoms with Crippen LogP contribution in [-0.4, -0.2) is 26.2 Å². The molecule has 3 heterocycles. The summed E-state index contributed by atoms with van der Waals surface area (Å²) in [5.41, 5.74) is 0. The van der Waals surface area contributed by atoms with E-state index in [0.717, 1.165) is 4.88 Å². The second-order valence-corrected chi connectivity index (χ2v) is 7.46. The third kappa shape index (κ3) is 3.59. The Morgan fingerprint density at radius 1 is 1.05 bits per heavy atom. The van der Waals surface area contributed by atoms with Gasteiger partial charge in [0, 0.05) is 22.8 Å². The molecule has 0 atom stereocenters. The van der Waals surface area contributed by atoms with E-state index in [1.165, 1.54) is 60.7 Å². The molecular weight excluding hydrogens is 314 g/mol. The second kappa shape index (κ2) is 7.11. The average molecular weight is 333 g/mol. The number of ether oxygens (including phenoxy) is 1. The van der Waals surface area contributed by atoms with Gasteiger partial charge >= 0.3 is 5.97 Å². The summed E-state index contributed by atoms with van der Waals surface area (Å²) in [6.07, 6.45) is 8.13. The van der Waals surface area contributed by atoms with E-state index in [4.69, 9.17) is 4.74 Å². The molecule has 0 aromatic carbocycles. The van der Waals surface area contributed by atoms with Crippen molar-refractivity contribution in [1.82, 2.24) is 0 Å². The summed E-state index contributed by atoms with van der Waals surface area (Å²) in [5, 5.41) is 1.36. The predicted octanol–water partition coefficient (Wildman–Crippen LogP) is 4.76. The van der Waals surface area contributed by atoms with Gasteiger partial charge in [0.1, 0.15) is 4.88 Å². The summed E-state index contributed by atoms with van der Waals surface area (Å²) in [6, 6.07) is 8.14. The van der Waals surface area contributed by atoms with Gasteiger partial charge in [-0.2, -0.15) is 0 Å². The molecule has 1 saturated heterocycles. The standard InChI is InChI=1S/C17H19NO2S2/c1-20-17(19)15-9-7-13(21-15)5-6-14-8-10-16(22-14)18-11-3-2-4-12-18/h5-10H,2-4,11-12H2,1H3/b6-5+. The maximum Gasteiger partial charge on any atom is 0.348 e. The number of nitrogens with zero attached hydrogens (tertiary/aromatic N) is 1. The maximum atomic E-state index is 11.4. The van der Waals surface area contributed by atoms with Crippen molar-refractivity contribution >= 4 is 45.8 Å². The molecule has 0 aliphatic carbocycles. The summed E-state index contributed by atoms with van der Waals surface area (Å²) < 4.78 is 4.73. The Balaban J connectivity index is 1.66. The number of rotatable bonds is 4. The molecule has 2 aromatic heterocycles. The highest BCUT2D eigenvalue weighted by atomic mass is 32.1. The van der Waals surface area contributed by atoms with Crippen LogP contribution >= 0.6 is 22.7 Å². The van der Waals surface area contributed by atoms with Gasteiger partial charge in [0.15, 0.2) is 0 Å². The normalized spacial score (nSPS) is 15.4. The van der Waals surface area contributed by atoms with Crippen molar-refractivity contribution in [3.63, 3.8) is 0 Å². The zero-order chi connectivity index (χ0) is 15.4. The molecule has 3 nitrogen and oxygen atoms in total. The quantitative estimate of drug-likeness (QED) is 0.756. The number of esters is 1. The lowest BCUT2D eigenvalue weighted by Gasteiger charge is -2.27. The highest BCUT2D eigenvalue weighted by molar-refractivity contribution is 7.17.